The quantitative estimate of drug-likeness (QED) is 0.489. The average molecular weight is 269 g/mol. The maximum atomic E-state index is 11.9. The summed E-state index contributed by atoms with van der Waals surface area (Å²) < 4.78 is 1.60. The molecule has 2 rings (SSSR count). The topological polar surface area (TPSA) is 118 Å². The molecule has 0 bridgehead atoms. The van der Waals surface area contributed by atoms with E-state index < -0.39 is 23.5 Å². The first kappa shape index (κ1) is 13.5. The SMILES string of the molecule is O=C(NCC(O)CO)c1cc([N+](=O)[O-])cn1C1CC1. The molecule has 1 aromatic rings. The average Bonchev–Trinajstić information content (AvgIpc) is 3.13. The number of hydrogen-bond acceptors (Lipinski definition) is 5. The fraction of sp³-hybridized carbons (Fsp3) is 0.545. The maximum Gasteiger partial charge on any atom is 0.287 e. The number of nitro groups is 1. The Morgan fingerprint density at radius 1 is 1.63 bits per heavy atom. The van der Waals surface area contributed by atoms with Gasteiger partial charge in [0.05, 0.1) is 23.8 Å². The highest BCUT2D eigenvalue weighted by Crippen LogP contribution is 2.37. The van der Waals surface area contributed by atoms with Crippen molar-refractivity contribution in [3.8, 4) is 0 Å². The van der Waals surface area contributed by atoms with Crippen LogP contribution >= 0.6 is 0 Å². The number of rotatable bonds is 6. The summed E-state index contributed by atoms with van der Waals surface area (Å²) in [6, 6.07) is 1.36. The molecule has 0 saturated heterocycles. The minimum absolute atomic E-state index is 0.0982. The van der Waals surface area contributed by atoms with E-state index in [0.717, 1.165) is 12.8 Å². The van der Waals surface area contributed by atoms with E-state index in [9.17, 15) is 14.9 Å². The van der Waals surface area contributed by atoms with Crippen LogP contribution in [0.1, 0.15) is 29.4 Å². The summed E-state index contributed by atoms with van der Waals surface area (Å²) in [4.78, 5) is 22.1. The molecule has 1 atom stereocenters. The van der Waals surface area contributed by atoms with Gasteiger partial charge in [-0.15, -0.1) is 0 Å². The molecule has 8 heteroatoms. The van der Waals surface area contributed by atoms with Gasteiger partial charge < -0.3 is 20.1 Å². The van der Waals surface area contributed by atoms with E-state index in [1.54, 1.807) is 4.57 Å². The van der Waals surface area contributed by atoms with Crippen molar-refractivity contribution < 1.29 is 19.9 Å². The zero-order chi connectivity index (χ0) is 14.0. The number of aliphatic hydroxyl groups is 2. The van der Waals surface area contributed by atoms with Crippen molar-refractivity contribution in [1.82, 2.24) is 9.88 Å². The molecular formula is C11H15N3O5. The van der Waals surface area contributed by atoms with Crippen LogP contribution in [0.25, 0.3) is 0 Å². The van der Waals surface area contributed by atoms with Gasteiger partial charge in [-0.2, -0.15) is 0 Å². The lowest BCUT2D eigenvalue weighted by atomic mass is 10.3. The highest BCUT2D eigenvalue weighted by Gasteiger charge is 2.30. The Morgan fingerprint density at radius 2 is 2.32 bits per heavy atom. The number of aromatic nitrogens is 1. The molecule has 8 nitrogen and oxygen atoms in total. The van der Waals surface area contributed by atoms with E-state index in [2.05, 4.69) is 5.32 Å². The van der Waals surface area contributed by atoms with Crippen LogP contribution in [-0.4, -0.2) is 44.9 Å². The van der Waals surface area contributed by atoms with Crippen molar-refractivity contribution >= 4 is 11.6 Å². The third-order valence-electron chi connectivity index (χ3n) is 2.93. The highest BCUT2D eigenvalue weighted by atomic mass is 16.6. The first-order chi connectivity index (χ1) is 9.02. The molecule has 1 heterocycles. The van der Waals surface area contributed by atoms with Gasteiger partial charge in [0.25, 0.3) is 11.6 Å². The van der Waals surface area contributed by atoms with Crippen LogP contribution in [-0.2, 0) is 0 Å². The van der Waals surface area contributed by atoms with Crippen molar-refractivity contribution in [3.63, 3.8) is 0 Å². The van der Waals surface area contributed by atoms with Gasteiger partial charge in [-0.3, -0.25) is 14.9 Å². The second-order valence-electron chi connectivity index (χ2n) is 4.53. The molecule has 1 aliphatic carbocycles. The summed E-state index contributed by atoms with van der Waals surface area (Å²) in [5.41, 5.74) is 0.0825. The lowest BCUT2D eigenvalue weighted by Crippen LogP contribution is -2.34. The van der Waals surface area contributed by atoms with E-state index >= 15 is 0 Å². The molecule has 0 radical (unpaired) electrons. The van der Waals surface area contributed by atoms with Gasteiger partial charge in [-0.25, -0.2) is 0 Å². The summed E-state index contributed by atoms with van der Waals surface area (Å²) >= 11 is 0. The first-order valence-corrected chi connectivity index (χ1v) is 5.96. The van der Waals surface area contributed by atoms with Crippen LogP contribution < -0.4 is 5.32 Å². The third-order valence-corrected chi connectivity index (χ3v) is 2.93. The first-order valence-electron chi connectivity index (χ1n) is 5.96. The van der Waals surface area contributed by atoms with Crippen LogP contribution in [0.15, 0.2) is 12.3 Å². The number of nitrogens with zero attached hydrogens (tertiary/aromatic N) is 2. The van der Waals surface area contributed by atoms with Crippen LogP contribution in [0, 0.1) is 10.1 Å². The van der Waals surface area contributed by atoms with E-state index in [1.807, 2.05) is 0 Å². The molecule has 1 unspecified atom stereocenters. The molecule has 0 aromatic carbocycles. The molecule has 1 aliphatic rings. The van der Waals surface area contributed by atoms with Crippen molar-refractivity contribution in [3.05, 3.63) is 28.1 Å². The fourth-order valence-corrected chi connectivity index (χ4v) is 1.77. The normalized spacial score (nSPS) is 16.1. The standard InChI is InChI=1S/C11H15N3O5/c15-6-9(16)4-12-11(17)10-3-8(14(18)19)5-13(10)7-1-2-7/h3,5,7,9,15-16H,1-2,4,6H2,(H,12,17). The molecule has 1 amide bonds. The Balaban J connectivity index is 2.13. The zero-order valence-corrected chi connectivity index (χ0v) is 10.2. The number of carbonyl (C=O) groups excluding carboxylic acids is 1. The molecule has 3 N–H and O–H groups in total. The van der Waals surface area contributed by atoms with Gasteiger partial charge in [-0.1, -0.05) is 0 Å². The highest BCUT2D eigenvalue weighted by molar-refractivity contribution is 5.93. The minimum atomic E-state index is -1.04. The van der Waals surface area contributed by atoms with Gasteiger partial charge in [-0.05, 0) is 12.8 Å². The Bertz CT molecular complexity index is 495. The second kappa shape index (κ2) is 5.37. The van der Waals surface area contributed by atoms with E-state index in [4.69, 9.17) is 10.2 Å². The van der Waals surface area contributed by atoms with E-state index in [-0.39, 0.29) is 24.0 Å². The number of nitrogens with one attached hydrogen (secondary N) is 1. The molecular weight excluding hydrogens is 254 g/mol. The lowest BCUT2D eigenvalue weighted by Gasteiger charge is -2.10. The minimum Gasteiger partial charge on any atom is -0.394 e. The Labute approximate surface area is 108 Å². The molecule has 0 aliphatic heterocycles. The van der Waals surface area contributed by atoms with Gasteiger partial charge in [0.2, 0.25) is 0 Å². The third kappa shape index (κ3) is 3.09. The smallest absolute Gasteiger partial charge is 0.287 e. The van der Waals surface area contributed by atoms with Gasteiger partial charge in [0, 0.05) is 18.7 Å². The summed E-state index contributed by atoms with van der Waals surface area (Å²) in [6.07, 6.45) is 2.11. The number of amides is 1. The summed E-state index contributed by atoms with van der Waals surface area (Å²) in [7, 11) is 0. The summed E-state index contributed by atoms with van der Waals surface area (Å²) in [5.74, 6) is -0.493. The van der Waals surface area contributed by atoms with Crippen LogP contribution in [0.5, 0.6) is 0 Å². The van der Waals surface area contributed by atoms with Crippen molar-refractivity contribution in [2.24, 2.45) is 0 Å². The van der Waals surface area contributed by atoms with Gasteiger partial charge >= 0.3 is 0 Å². The zero-order valence-electron chi connectivity index (χ0n) is 10.2. The summed E-state index contributed by atoms with van der Waals surface area (Å²) in [5, 5.41) is 31.0. The molecule has 1 aromatic heterocycles. The predicted octanol–water partition coefficient (Wildman–Crippen LogP) is -0.186. The molecule has 104 valence electrons. The summed E-state index contributed by atoms with van der Waals surface area (Å²) in [6.45, 7) is -0.553. The maximum absolute atomic E-state index is 11.9. The van der Waals surface area contributed by atoms with Crippen LogP contribution in [0.2, 0.25) is 0 Å². The molecule has 1 fully saturated rings. The van der Waals surface area contributed by atoms with Crippen LogP contribution in [0.4, 0.5) is 5.69 Å². The Kier molecular flexibility index (Phi) is 3.82. The van der Waals surface area contributed by atoms with Crippen LogP contribution in [0.3, 0.4) is 0 Å². The number of carbonyl (C=O) groups is 1. The predicted molar refractivity (Wildman–Crippen MR) is 64.8 cm³/mol. The number of aliphatic hydroxyl groups excluding tert-OH is 2. The molecule has 19 heavy (non-hydrogen) atoms. The van der Waals surface area contributed by atoms with Gasteiger partial charge in [0.1, 0.15) is 5.69 Å². The van der Waals surface area contributed by atoms with Crippen molar-refractivity contribution in [2.45, 2.75) is 25.0 Å². The van der Waals surface area contributed by atoms with Crippen molar-refractivity contribution in [2.75, 3.05) is 13.2 Å². The lowest BCUT2D eigenvalue weighted by molar-refractivity contribution is -0.384. The Hall–Kier alpha value is -1.93. The Morgan fingerprint density at radius 3 is 2.84 bits per heavy atom. The number of hydrogen-bond donors (Lipinski definition) is 3. The fourth-order valence-electron chi connectivity index (χ4n) is 1.77. The molecule has 0 spiro atoms. The van der Waals surface area contributed by atoms with E-state index in [1.165, 1.54) is 12.3 Å². The largest absolute Gasteiger partial charge is 0.394 e. The monoisotopic (exact) mass is 269 g/mol. The second-order valence-corrected chi connectivity index (χ2v) is 4.53. The van der Waals surface area contributed by atoms with E-state index in [0.29, 0.717) is 0 Å². The van der Waals surface area contributed by atoms with Crippen molar-refractivity contribution in [1.29, 1.82) is 0 Å². The van der Waals surface area contributed by atoms with Gasteiger partial charge in [0.15, 0.2) is 0 Å². The molecule has 1 saturated carbocycles.